The van der Waals surface area contributed by atoms with E-state index in [4.69, 9.17) is 4.74 Å². The summed E-state index contributed by atoms with van der Waals surface area (Å²) in [7, 11) is 1.27. The standard InChI is InChI=1S/C20H24N4O5S/c1-13(30-20-22-15(11-17(25)23-20)12-18(26)28-2)19(27)21-14-3-5-16(6-4-14)24-7-9-29-10-8-24/h3-6,11,13H,7-10,12H2,1-2H3,(H,21,27)(H,22,23,25). The lowest BCUT2D eigenvalue weighted by Gasteiger charge is -2.28. The van der Waals surface area contributed by atoms with E-state index in [-0.39, 0.29) is 17.5 Å². The Kier molecular flexibility index (Phi) is 7.47. The Balaban J connectivity index is 1.59. The van der Waals surface area contributed by atoms with Crippen molar-refractivity contribution < 1.29 is 19.1 Å². The van der Waals surface area contributed by atoms with Crippen LogP contribution in [0.25, 0.3) is 0 Å². The third kappa shape index (κ3) is 6.07. The van der Waals surface area contributed by atoms with Crippen molar-refractivity contribution in [3.63, 3.8) is 0 Å². The largest absolute Gasteiger partial charge is 0.469 e. The molecule has 3 rings (SSSR count). The quantitative estimate of drug-likeness (QED) is 0.384. The Hall–Kier alpha value is -2.85. The number of methoxy groups -OCH3 is 1. The number of H-pyrrole nitrogens is 1. The zero-order valence-electron chi connectivity index (χ0n) is 16.8. The highest BCUT2D eigenvalue weighted by atomic mass is 32.2. The Morgan fingerprint density at radius 2 is 2.00 bits per heavy atom. The molecule has 1 saturated heterocycles. The number of aromatic nitrogens is 2. The first-order chi connectivity index (χ1) is 14.4. The van der Waals surface area contributed by atoms with Crippen LogP contribution in [0.4, 0.5) is 11.4 Å². The summed E-state index contributed by atoms with van der Waals surface area (Å²) >= 11 is 1.11. The average molecular weight is 433 g/mol. The smallest absolute Gasteiger partial charge is 0.311 e. The molecule has 1 aromatic heterocycles. The number of amides is 1. The number of hydrogen-bond donors (Lipinski definition) is 2. The number of rotatable bonds is 7. The number of anilines is 2. The molecule has 2 aromatic rings. The lowest BCUT2D eigenvalue weighted by molar-refractivity contribution is -0.139. The van der Waals surface area contributed by atoms with Crippen LogP contribution < -0.4 is 15.8 Å². The van der Waals surface area contributed by atoms with E-state index in [2.05, 4.69) is 24.9 Å². The van der Waals surface area contributed by atoms with Crippen LogP contribution in [0, 0.1) is 0 Å². The van der Waals surface area contributed by atoms with Gasteiger partial charge in [-0.05, 0) is 31.2 Å². The highest BCUT2D eigenvalue weighted by Crippen LogP contribution is 2.22. The van der Waals surface area contributed by atoms with Crippen molar-refractivity contribution >= 4 is 35.0 Å². The van der Waals surface area contributed by atoms with Crippen LogP contribution in [0.2, 0.25) is 0 Å². The number of aromatic amines is 1. The van der Waals surface area contributed by atoms with Gasteiger partial charge in [-0.3, -0.25) is 14.4 Å². The van der Waals surface area contributed by atoms with Crippen LogP contribution in [-0.4, -0.2) is 60.5 Å². The van der Waals surface area contributed by atoms with E-state index in [9.17, 15) is 14.4 Å². The van der Waals surface area contributed by atoms with Crippen molar-refractivity contribution in [2.45, 2.75) is 23.8 Å². The van der Waals surface area contributed by atoms with Gasteiger partial charge in [0, 0.05) is 30.5 Å². The summed E-state index contributed by atoms with van der Waals surface area (Å²) in [5.41, 5.74) is 1.67. The van der Waals surface area contributed by atoms with Crippen molar-refractivity contribution in [1.29, 1.82) is 0 Å². The zero-order chi connectivity index (χ0) is 21.5. The molecule has 30 heavy (non-hydrogen) atoms. The number of ether oxygens (including phenoxy) is 2. The molecule has 2 heterocycles. The SMILES string of the molecule is COC(=O)Cc1cc(=O)[nH]c(SC(C)C(=O)Nc2ccc(N3CCOCC3)cc2)n1. The third-order valence-corrected chi connectivity index (χ3v) is 5.48. The van der Waals surface area contributed by atoms with Crippen LogP contribution in [0.1, 0.15) is 12.6 Å². The minimum Gasteiger partial charge on any atom is -0.469 e. The van der Waals surface area contributed by atoms with Gasteiger partial charge in [0.2, 0.25) is 5.91 Å². The second-order valence-electron chi connectivity index (χ2n) is 6.69. The Labute approximate surface area is 178 Å². The molecule has 1 unspecified atom stereocenters. The Bertz CT molecular complexity index is 941. The maximum Gasteiger partial charge on any atom is 0.311 e. The van der Waals surface area contributed by atoms with Gasteiger partial charge in [0.05, 0.1) is 37.7 Å². The first-order valence-electron chi connectivity index (χ1n) is 9.52. The van der Waals surface area contributed by atoms with Crippen LogP contribution >= 0.6 is 11.8 Å². The fraction of sp³-hybridized carbons (Fsp3) is 0.400. The fourth-order valence-corrected chi connectivity index (χ4v) is 3.72. The summed E-state index contributed by atoms with van der Waals surface area (Å²) in [5.74, 6) is -0.712. The molecule has 0 saturated carbocycles. The van der Waals surface area contributed by atoms with Crippen molar-refractivity contribution in [2.24, 2.45) is 0 Å². The van der Waals surface area contributed by atoms with Crippen molar-refractivity contribution in [1.82, 2.24) is 9.97 Å². The van der Waals surface area contributed by atoms with Gasteiger partial charge in [0.1, 0.15) is 0 Å². The molecule has 9 nitrogen and oxygen atoms in total. The normalized spacial score (nSPS) is 14.8. The second kappa shape index (κ2) is 10.3. The molecule has 1 fully saturated rings. The van der Waals surface area contributed by atoms with E-state index in [1.165, 1.54) is 13.2 Å². The molecule has 2 N–H and O–H groups in total. The van der Waals surface area contributed by atoms with E-state index in [0.29, 0.717) is 24.6 Å². The van der Waals surface area contributed by atoms with Crippen molar-refractivity contribution in [3.8, 4) is 0 Å². The molecule has 0 spiro atoms. The van der Waals surface area contributed by atoms with Crippen molar-refractivity contribution in [3.05, 3.63) is 46.4 Å². The summed E-state index contributed by atoms with van der Waals surface area (Å²) in [6.45, 7) is 4.84. The Morgan fingerprint density at radius 3 is 2.67 bits per heavy atom. The van der Waals surface area contributed by atoms with Gasteiger partial charge < -0.3 is 24.7 Å². The van der Waals surface area contributed by atoms with Gasteiger partial charge in [0.15, 0.2) is 5.16 Å². The Morgan fingerprint density at radius 1 is 1.30 bits per heavy atom. The number of carbonyl (C=O) groups excluding carboxylic acids is 2. The molecule has 1 aliphatic rings. The summed E-state index contributed by atoms with van der Waals surface area (Å²) in [4.78, 5) is 44.8. The number of hydrogen-bond acceptors (Lipinski definition) is 8. The summed E-state index contributed by atoms with van der Waals surface area (Å²) in [6.07, 6.45) is -0.107. The minimum atomic E-state index is -0.513. The average Bonchev–Trinajstić information content (AvgIpc) is 2.74. The topological polar surface area (TPSA) is 114 Å². The van der Waals surface area contributed by atoms with Gasteiger partial charge in [0.25, 0.3) is 5.56 Å². The minimum absolute atomic E-state index is 0.107. The van der Waals surface area contributed by atoms with Gasteiger partial charge in [-0.2, -0.15) is 0 Å². The number of nitrogens with one attached hydrogen (secondary N) is 2. The molecule has 160 valence electrons. The molecule has 1 aromatic carbocycles. The first-order valence-corrected chi connectivity index (χ1v) is 10.4. The van der Waals surface area contributed by atoms with Crippen LogP contribution in [0.5, 0.6) is 0 Å². The number of esters is 1. The maximum absolute atomic E-state index is 12.5. The zero-order valence-corrected chi connectivity index (χ0v) is 17.7. The maximum atomic E-state index is 12.5. The number of benzene rings is 1. The monoisotopic (exact) mass is 432 g/mol. The number of thioether (sulfide) groups is 1. The molecule has 0 radical (unpaired) electrons. The van der Waals surface area contributed by atoms with Crippen molar-refractivity contribution in [2.75, 3.05) is 43.6 Å². The molecule has 1 atom stereocenters. The molecule has 10 heteroatoms. The lowest BCUT2D eigenvalue weighted by Crippen LogP contribution is -2.36. The van der Waals surface area contributed by atoms with Gasteiger partial charge in [-0.15, -0.1) is 0 Å². The summed E-state index contributed by atoms with van der Waals surface area (Å²) in [5, 5.41) is 2.62. The second-order valence-corrected chi connectivity index (χ2v) is 8.02. The van der Waals surface area contributed by atoms with E-state index < -0.39 is 16.8 Å². The first kappa shape index (κ1) is 21.8. The third-order valence-electron chi connectivity index (χ3n) is 4.49. The summed E-state index contributed by atoms with van der Waals surface area (Å²) in [6, 6.07) is 8.89. The predicted octanol–water partition coefficient (Wildman–Crippen LogP) is 1.44. The predicted molar refractivity (Wildman–Crippen MR) is 114 cm³/mol. The van der Waals surface area contributed by atoms with Crippen LogP contribution in [0.3, 0.4) is 0 Å². The highest BCUT2D eigenvalue weighted by Gasteiger charge is 2.18. The van der Waals surface area contributed by atoms with Gasteiger partial charge >= 0.3 is 5.97 Å². The highest BCUT2D eigenvalue weighted by molar-refractivity contribution is 8.00. The van der Waals surface area contributed by atoms with E-state index in [1.807, 2.05) is 24.3 Å². The molecule has 1 aliphatic heterocycles. The van der Waals surface area contributed by atoms with E-state index in [0.717, 1.165) is 30.5 Å². The van der Waals surface area contributed by atoms with E-state index >= 15 is 0 Å². The number of morpholine rings is 1. The fourth-order valence-electron chi connectivity index (χ4n) is 2.89. The van der Waals surface area contributed by atoms with E-state index in [1.54, 1.807) is 6.92 Å². The molecule has 1 amide bonds. The van der Waals surface area contributed by atoms with Gasteiger partial charge in [-0.1, -0.05) is 11.8 Å². The molecule has 0 aliphatic carbocycles. The lowest BCUT2D eigenvalue weighted by atomic mass is 10.2. The number of carbonyl (C=O) groups is 2. The molecular formula is C20H24N4O5S. The number of nitrogens with zero attached hydrogens (tertiary/aromatic N) is 2. The molecule has 0 bridgehead atoms. The van der Waals surface area contributed by atoms with Crippen LogP contribution in [-0.2, 0) is 25.5 Å². The summed E-state index contributed by atoms with van der Waals surface area (Å²) < 4.78 is 9.96. The van der Waals surface area contributed by atoms with Crippen LogP contribution in [0.15, 0.2) is 40.3 Å². The molecular weight excluding hydrogens is 408 g/mol. The van der Waals surface area contributed by atoms with Gasteiger partial charge in [-0.25, -0.2) is 4.98 Å².